The van der Waals surface area contributed by atoms with Gasteiger partial charge >= 0.3 is 6.09 Å². The van der Waals surface area contributed by atoms with Crippen molar-refractivity contribution in [3.8, 4) is 0 Å². The van der Waals surface area contributed by atoms with Gasteiger partial charge in [0.15, 0.2) is 0 Å². The van der Waals surface area contributed by atoms with Crippen molar-refractivity contribution in [2.24, 2.45) is 0 Å². The highest BCUT2D eigenvalue weighted by Gasteiger charge is 2.21. The van der Waals surface area contributed by atoms with Gasteiger partial charge in [-0.25, -0.2) is 4.79 Å². The Morgan fingerprint density at radius 1 is 1.36 bits per heavy atom. The van der Waals surface area contributed by atoms with Gasteiger partial charge in [-0.1, -0.05) is 22.0 Å². The quantitative estimate of drug-likeness (QED) is 0.740. The lowest BCUT2D eigenvalue weighted by atomic mass is 9.98. The third-order valence-electron chi connectivity index (χ3n) is 3.02. The van der Waals surface area contributed by atoms with Crippen molar-refractivity contribution < 1.29 is 19.7 Å². The van der Waals surface area contributed by atoms with Crippen LogP contribution in [0.25, 0.3) is 0 Å². The topological polar surface area (TPSA) is 78.8 Å². The molecule has 0 spiro atoms. The van der Waals surface area contributed by atoms with E-state index in [2.05, 4.69) is 21.2 Å². The number of rotatable bonds is 5. The molecule has 0 aliphatic carbocycles. The van der Waals surface area contributed by atoms with Crippen LogP contribution < -0.4 is 5.32 Å². The summed E-state index contributed by atoms with van der Waals surface area (Å²) >= 11 is 3.36. The summed E-state index contributed by atoms with van der Waals surface area (Å²) in [4.78, 5) is 11.5. The minimum Gasteiger partial charge on any atom is -0.444 e. The summed E-state index contributed by atoms with van der Waals surface area (Å²) in [6.45, 7) is 7.43. The number of nitrogens with one attached hydrogen (secondary N) is 1. The molecule has 2 unspecified atom stereocenters. The molecule has 0 saturated carbocycles. The number of ether oxygens (including phenoxy) is 1. The predicted molar refractivity (Wildman–Crippen MR) is 88.7 cm³/mol. The maximum Gasteiger partial charge on any atom is 0.407 e. The predicted octanol–water partition coefficient (Wildman–Crippen LogP) is 3.07. The van der Waals surface area contributed by atoms with E-state index in [-0.39, 0.29) is 13.0 Å². The van der Waals surface area contributed by atoms with Crippen molar-refractivity contribution in [1.29, 1.82) is 0 Å². The van der Waals surface area contributed by atoms with E-state index in [1.807, 2.05) is 19.1 Å². The average molecular weight is 374 g/mol. The molecule has 1 rings (SSSR count). The van der Waals surface area contributed by atoms with Gasteiger partial charge in [-0.3, -0.25) is 0 Å². The van der Waals surface area contributed by atoms with Gasteiger partial charge < -0.3 is 20.3 Å². The molecule has 6 heteroatoms. The van der Waals surface area contributed by atoms with Crippen molar-refractivity contribution in [3.63, 3.8) is 0 Å². The molecule has 0 bridgehead atoms. The summed E-state index contributed by atoms with van der Waals surface area (Å²) in [6.07, 6.45) is -2.26. The summed E-state index contributed by atoms with van der Waals surface area (Å²) in [6, 6.07) is 5.47. The molecule has 0 saturated heterocycles. The Morgan fingerprint density at radius 2 is 2.00 bits per heavy atom. The molecular weight excluding hydrogens is 350 g/mol. The molecule has 0 fully saturated rings. The summed E-state index contributed by atoms with van der Waals surface area (Å²) < 4.78 is 6.02. The first-order valence-corrected chi connectivity index (χ1v) is 7.98. The van der Waals surface area contributed by atoms with E-state index in [0.717, 1.165) is 10.0 Å². The smallest absolute Gasteiger partial charge is 0.407 e. The summed E-state index contributed by atoms with van der Waals surface area (Å²) in [5.74, 6) is 0. The summed E-state index contributed by atoms with van der Waals surface area (Å²) in [5, 5.41) is 22.8. The molecule has 0 aliphatic rings. The van der Waals surface area contributed by atoms with Crippen molar-refractivity contribution >= 4 is 22.0 Å². The number of hydrogen-bond donors (Lipinski definition) is 3. The Labute approximate surface area is 139 Å². The number of amides is 1. The molecule has 124 valence electrons. The first-order chi connectivity index (χ1) is 10.1. The number of hydrogen-bond acceptors (Lipinski definition) is 4. The molecule has 0 heterocycles. The molecular formula is C16H24BrNO4. The molecule has 0 aromatic heterocycles. The minimum atomic E-state index is -0.992. The lowest BCUT2D eigenvalue weighted by Gasteiger charge is -2.22. The molecule has 0 aliphatic heterocycles. The maximum absolute atomic E-state index is 11.5. The van der Waals surface area contributed by atoms with E-state index in [0.29, 0.717) is 5.56 Å². The first kappa shape index (κ1) is 18.9. The van der Waals surface area contributed by atoms with E-state index in [1.165, 1.54) is 0 Å². The standard InChI is InChI=1S/C16H24BrNO4/c1-10-9-11(17)5-6-12(10)14(20)13(19)7-8-18-15(21)22-16(2,3)4/h5-6,9,13-14,19-20H,7-8H2,1-4H3,(H,18,21). The van der Waals surface area contributed by atoms with Crippen LogP contribution in [0.2, 0.25) is 0 Å². The van der Waals surface area contributed by atoms with Gasteiger partial charge in [0, 0.05) is 11.0 Å². The third kappa shape index (κ3) is 6.34. The van der Waals surface area contributed by atoms with Crippen molar-refractivity contribution in [3.05, 3.63) is 33.8 Å². The summed E-state index contributed by atoms with van der Waals surface area (Å²) in [7, 11) is 0. The SMILES string of the molecule is Cc1cc(Br)ccc1C(O)C(O)CCNC(=O)OC(C)(C)C. The van der Waals surface area contributed by atoms with Crippen molar-refractivity contribution in [2.75, 3.05) is 6.54 Å². The fraction of sp³-hybridized carbons (Fsp3) is 0.562. The molecule has 5 nitrogen and oxygen atoms in total. The third-order valence-corrected chi connectivity index (χ3v) is 3.52. The normalized spacial score (nSPS) is 14.3. The Morgan fingerprint density at radius 3 is 2.55 bits per heavy atom. The lowest BCUT2D eigenvalue weighted by molar-refractivity contribution is 0.0119. The van der Waals surface area contributed by atoms with Crippen LogP contribution in [0.1, 0.15) is 44.4 Å². The Hall–Kier alpha value is -1.11. The number of carbonyl (C=O) groups is 1. The number of carbonyl (C=O) groups excluding carboxylic acids is 1. The van der Waals surface area contributed by atoms with Crippen LogP contribution in [0.4, 0.5) is 4.79 Å². The summed E-state index contributed by atoms with van der Waals surface area (Å²) in [5.41, 5.74) is 1.01. The number of halogens is 1. The second kappa shape index (κ2) is 7.94. The van der Waals surface area contributed by atoms with Gasteiger partial charge in [-0.15, -0.1) is 0 Å². The second-order valence-electron chi connectivity index (χ2n) is 6.23. The Kier molecular flexibility index (Phi) is 6.84. The van der Waals surface area contributed by atoms with Crippen LogP contribution in [0.5, 0.6) is 0 Å². The van der Waals surface area contributed by atoms with Crippen molar-refractivity contribution in [1.82, 2.24) is 5.32 Å². The molecule has 3 N–H and O–H groups in total. The lowest BCUT2D eigenvalue weighted by Crippen LogP contribution is -2.34. The largest absolute Gasteiger partial charge is 0.444 e. The van der Waals surface area contributed by atoms with Gasteiger partial charge in [0.2, 0.25) is 0 Å². The van der Waals surface area contributed by atoms with E-state index in [9.17, 15) is 15.0 Å². The Balaban J connectivity index is 2.48. The molecule has 1 aromatic carbocycles. The highest BCUT2D eigenvalue weighted by atomic mass is 79.9. The molecule has 2 atom stereocenters. The van der Waals surface area contributed by atoms with Gasteiger partial charge in [0.1, 0.15) is 11.7 Å². The first-order valence-electron chi connectivity index (χ1n) is 7.19. The second-order valence-corrected chi connectivity index (χ2v) is 7.15. The maximum atomic E-state index is 11.5. The fourth-order valence-electron chi connectivity index (χ4n) is 1.97. The number of aliphatic hydroxyl groups excluding tert-OH is 2. The van der Waals surface area contributed by atoms with Crippen LogP contribution in [0, 0.1) is 6.92 Å². The number of aliphatic hydroxyl groups is 2. The number of aryl methyl sites for hydroxylation is 1. The van der Waals surface area contributed by atoms with E-state index in [4.69, 9.17) is 4.74 Å². The minimum absolute atomic E-state index is 0.225. The number of alkyl carbamates (subject to hydrolysis) is 1. The zero-order valence-corrected chi connectivity index (χ0v) is 15.0. The van der Waals surface area contributed by atoms with Gasteiger partial charge in [0.05, 0.1) is 6.10 Å². The van der Waals surface area contributed by atoms with E-state index >= 15 is 0 Å². The highest BCUT2D eigenvalue weighted by molar-refractivity contribution is 9.10. The van der Waals surface area contributed by atoms with Crippen LogP contribution >= 0.6 is 15.9 Å². The fourth-order valence-corrected chi connectivity index (χ4v) is 2.45. The monoisotopic (exact) mass is 373 g/mol. The van der Waals surface area contributed by atoms with Crippen LogP contribution in [-0.4, -0.2) is 34.6 Å². The molecule has 1 amide bonds. The van der Waals surface area contributed by atoms with E-state index in [1.54, 1.807) is 26.8 Å². The molecule has 0 radical (unpaired) electrons. The van der Waals surface area contributed by atoms with Crippen LogP contribution in [-0.2, 0) is 4.74 Å². The van der Waals surface area contributed by atoms with E-state index < -0.39 is 23.9 Å². The highest BCUT2D eigenvalue weighted by Crippen LogP contribution is 2.25. The van der Waals surface area contributed by atoms with Gasteiger partial charge in [-0.05, 0) is 57.4 Å². The number of benzene rings is 1. The average Bonchev–Trinajstić information content (AvgIpc) is 2.35. The van der Waals surface area contributed by atoms with Gasteiger partial charge in [0.25, 0.3) is 0 Å². The van der Waals surface area contributed by atoms with Gasteiger partial charge in [-0.2, -0.15) is 0 Å². The molecule has 1 aromatic rings. The van der Waals surface area contributed by atoms with Crippen molar-refractivity contribution in [2.45, 2.75) is 51.9 Å². The Bertz CT molecular complexity index is 513. The van der Waals surface area contributed by atoms with Crippen LogP contribution in [0.15, 0.2) is 22.7 Å². The van der Waals surface area contributed by atoms with Crippen LogP contribution in [0.3, 0.4) is 0 Å². The zero-order valence-electron chi connectivity index (χ0n) is 13.4. The molecule has 22 heavy (non-hydrogen) atoms. The zero-order chi connectivity index (χ0) is 16.9.